The number of ether oxygens (including phenoxy) is 2. The van der Waals surface area contributed by atoms with Crippen LogP contribution >= 0.6 is 0 Å². The average molecular weight is 376 g/mol. The van der Waals surface area contributed by atoms with Gasteiger partial charge in [0.15, 0.2) is 18.1 Å². The third-order valence-electron chi connectivity index (χ3n) is 3.89. The molecule has 2 aromatic carbocycles. The first-order chi connectivity index (χ1) is 13.7. The summed E-state index contributed by atoms with van der Waals surface area (Å²) in [4.78, 5) is 12.3. The maximum Gasteiger partial charge on any atom is 0.263 e. The van der Waals surface area contributed by atoms with Crippen molar-refractivity contribution in [3.05, 3.63) is 71.9 Å². The minimum absolute atomic E-state index is 0.192. The van der Waals surface area contributed by atoms with E-state index in [2.05, 4.69) is 10.4 Å². The van der Waals surface area contributed by atoms with Gasteiger partial charge in [0.05, 0.1) is 31.0 Å². The van der Waals surface area contributed by atoms with Crippen molar-refractivity contribution < 1.29 is 14.3 Å². The zero-order chi connectivity index (χ0) is 19.8. The van der Waals surface area contributed by atoms with Crippen LogP contribution in [0.15, 0.2) is 60.8 Å². The Bertz CT molecular complexity index is 977. The van der Waals surface area contributed by atoms with E-state index in [0.29, 0.717) is 36.0 Å². The summed E-state index contributed by atoms with van der Waals surface area (Å²) < 4.78 is 12.8. The molecular weight excluding hydrogens is 356 g/mol. The molecule has 142 valence electrons. The zero-order valence-corrected chi connectivity index (χ0v) is 15.5. The van der Waals surface area contributed by atoms with Gasteiger partial charge in [-0.05, 0) is 24.6 Å². The molecule has 1 N–H and O–H groups in total. The van der Waals surface area contributed by atoms with Crippen molar-refractivity contribution in [1.29, 1.82) is 5.26 Å². The van der Waals surface area contributed by atoms with Crippen LogP contribution in [0.3, 0.4) is 0 Å². The first-order valence-corrected chi connectivity index (χ1v) is 8.85. The Hall–Kier alpha value is -3.79. The molecule has 0 aliphatic heterocycles. The number of aromatic nitrogens is 2. The molecule has 0 saturated heterocycles. The number of hydrogen-bond donors (Lipinski definition) is 1. The van der Waals surface area contributed by atoms with E-state index in [9.17, 15) is 4.79 Å². The van der Waals surface area contributed by atoms with Gasteiger partial charge in [-0.15, -0.1) is 0 Å². The summed E-state index contributed by atoms with van der Waals surface area (Å²) in [6, 6.07) is 18.5. The highest BCUT2D eigenvalue weighted by molar-refractivity contribution is 5.91. The number of benzene rings is 2. The van der Waals surface area contributed by atoms with Gasteiger partial charge < -0.3 is 14.8 Å². The number of amides is 1. The molecule has 0 radical (unpaired) electrons. The first kappa shape index (κ1) is 19.0. The summed E-state index contributed by atoms with van der Waals surface area (Å²) in [5, 5.41) is 16.0. The zero-order valence-electron chi connectivity index (χ0n) is 15.5. The minimum Gasteiger partial charge on any atom is -0.490 e. The number of carbonyl (C=O) groups is 1. The number of rotatable bonds is 8. The summed E-state index contributed by atoms with van der Waals surface area (Å²) in [6.07, 6.45) is 1.63. The quantitative estimate of drug-likeness (QED) is 0.652. The van der Waals surface area contributed by atoms with E-state index in [4.69, 9.17) is 14.7 Å². The van der Waals surface area contributed by atoms with Gasteiger partial charge in [-0.2, -0.15) is 10.4 Å². The number of nitriles is 1. The molecule has 0 fully saturated rings. The molecule has 3 rings (SSSR count). The van der Waals surface area contributed by atoms with Crippen molar-refractivity contribution in [2.75, 3.05) is 18.5 Å². The van der Waals surface area contributed by atoms with Crippen LogP contribution in [0.1, 0.15) is 18.1 Å². The summed E-state index contributed by atoms with van der Waals surface area (Å²) in [5.74, 6) is 1.11. The van der Waals surface area contributed by atoms with Crippen molar-refractivity contribution in [3.8, 4) is 17.6 Å². The van der Waals surface area contributed by atoms with Crippen molar-refractivity contribution in [2.45, 2.75) is 13.5 Å². The molecule has 28 heavy (non-hydrogen) atoms. The number of hydrogen-bond acceptors (Lipinski definition) is 5. The van der Waals surface area contributed by atoms with Gasteiger partial charge in [-0.1, -0.05) is 30.3 Å². The molecule has 0 aliphatic rings. The minimum atomic E-state index is -0.318. The lowest BCUT2D eigenvalue weighted by atomic mass is 10.2. The molecule has 0 unspecified atom stereocenters. The van der Waals surface area contributed by atoms with Gasteiger partial charge in [0, 0.05) is 12.1 Å². The molecule has 0 aliphatic carbocycles. The van der Waals surface area contributed by atoms with Crippen LogP contribution in [-0.4, -0.2) is 28.9 Å². The number of anilines is 1. The number of nitrogens with zero attached hydrogens (tertiary/aromatic N) is 3. The maximum atomic E-state index is 12.3. The molecule has 0 atom stereocenters. The van der Waals surface area contributed by atoms with E-state index in [0.717, 1.165) is 5.56 Å². The molecule has 1 amide bonds. The van der Waals surface area contributed by atoms with Crippen molar-refractivity contribution in [2.24, 2.45) is 0 Å². The van der Waals surface area contributed by atoms with E-state index in [1.807, 2.05) is 43.3 Å². The first-order valence-electron chi connectivity index (χ1n) is 8.85. The van der Waals surface area contributed by atoms with Gasteiger partial charge in [-0.25, -0.2) is 4.68 Å². The molecule has 7 heteroatoms. The SMILES string of the molecule is CCOc1cc(C#N)ccc1OCC(=O)Nc1ccnn1Cc1ccccc1. The Kier molecular flexibility index (Phi) is 6.26. The lowest BCUT2D eigenvalue weighted by molar-refractivity contribution is -0.118. The molecule has 1 heterocycles. The Morgan fingerprint density at radius 1 is 1.14 bits per heavy atom. The summed E-state index contributed by atoms with van der Waals surface area (Å²) >= 11 is 0. The van der Waals surface area contributed by atoms with Crippen LogP contribution in [0.4, 0.5) is 5.82 Å². The second kappa shape index (κ2) is 9.24. The van der Waals surface area contributed by atoms with Gasteiger partial charge >= 0.3 is 0 Å². The van der Waals surface area contributed by atoms with Gasteiger partial charge in [-0.3, -0.25) is 4.79 Å². The smallest absolute Gasteiger partial charge is 0.263 e. The number of carbonyl (C=O) groups excluding carboxylic acids is 1. The average Bonchev–Trinajstić information content (AvgIpc) is 3.14. The standard InChI is InChI=1S/C21H20N4O3/c1-2-27-19-12-17(13-22)8-9-18(19)28-15-21(26)24-20-10-11-23-25(20)14-16-6-4-3-5-7-16/h3-12H,2,14-15H2,1H3,(H,24,26). The highest BCUT2D eigenvalue weighted by Gasteiger charge is 2.11. The van der Waals surface area contributed by atoms with Gasteiger partial charge in [0.2, 0.25) is 0 Å². The second-order valence-corrected chi connectivity index (χ2v) is 5.90. The van der Waals surface area contributed by atoms with Crippen molar-refractivity contribution in [3.63, 3.8) is 0 Å². The fourth-order valence-electron chi connectivity index (χ4n) is 2.61. The topological polar surface area (TPSA) is 89.2 Å². The van der Waals surface area contributed by atoms with Crippen molar-refractivity contribution >= 4 is 11.7 Å². The van der Waals surface area contributed by atoms with E-state index < -0.39 is 0 Å². The van der Waals surface area contributed by atoms with Gasteiger partial charge in [0.1, 0.15) is 5.82 Å². The Morgan fingerprint density at radius 2 is 1.96 bits per heavy atom. The summed E-state index contributed by atoms with van der Waals surface area (Å²) in [6.45, 7) is 2.62. The van der Waals surface area contributed by atoms with Crippen LogP contribution in [0, 0.1) is 11.3 Å². The molecule has 1 aromatic heterocycles. The van der Waals surface area contributed by atoms with Crippen LogP contribution in [-0.2, 0) is 11.3 Å². The predicted octanol–water partition coefficient (Wildman–Crippen LogP) is 3.22. The second-order valence-electron chi connectivity index (χ2n) is 5.90. The highest BCUT2D eigenvalue weighted by Crippen LogP contribution is 2.28. The lowest BCUT2D eigenvalue weighted by Gasteiger charge is -2.13. The number of nitrogens with one attached hydrogen (secondary N) is 1. The van der Waals surface area contributed by atoms with E-state index >= 15 is 0 Å². The molecule has 3 aromatic rings. The maximum absolute atomic E-state index is 12.3. The molecule has 0 saturated carbocycles. The van der Waals surface area contributed by atoms with E-state index in [-0.39, 0.29) is 12.5 Å². The fraction of sp³-hybridized carbons (Fsp3) is 0.190. The molecule has 7 nitrogen and oxygen atoms in total. The summed E-state index contributed by atoms with van der Waals surface area (Å²) in [5.41, 5.74) is 1.54. The molecular formula is C21H20N4O3. The monoisotopic (exact) mass is 376 g/mol. The predicted molar refractivity (Wildman–Crippen MR) is 104 cm³/mol. The molecule has 0 spiro atoms. The normalized spacial score (nSPS) is 10.1. The highest BCUT2D eigenvalue weighted by atomic mass is 16.5. The van der Waals surface area contributed by atoms with Crippen LogP contribution in [0.25, 0.3) is 0 Å². The molecule has 0 bridgehead atoms. The third-order valence-corrected chi connectivity index (χ3v) is 3.89. The largest absolute Gasteiger partial charge is 0.490 e. The van der Waals surface area contributed by atoms with Gasteiger partial charge in [0.25, 0.3) is 5.91 Å². The van der Waals surface area contributed by atoms with Crippen LogP contribution in [0.2, 0.25) is 0 Å². The van der Waals surface area contributed by atoms with E-state index in [1.54, 1.807) is 35.1 Å². The van der Waals surface area contributed by atoms with Crippen LogP contribution < -0.4 is 14.8 Å². The lowest BCUT2D eigenvalue weighted by Crippen LogP contribution is -2.22. The Morgan fingerprint density at radius 3 is 2.71 bits per heavy atom. The fourth-order valence-corrected chi connectivity index (χ4v) is 2.61. The third kappa shape index (κ3) is 4.89. The Balaban J connectivity index is 1.61. The van der Waals surface area contributed by atoms with Crippen molar-refractivity contribution in [1.82, 2.24) is 9.78 Å². The summed E-state index contributed by atoms with van der Waals surface area (Å²) in [7, 11) is 0. The Labute approximate surface area is 163 Å². The van der Waals surface area contributed by atoms with E-state index in [1.165, 1.54) is 0 Å². The van der Waals surface area contributed by atoms with Crippen LogP contribution in [0.5, 0.6) is 11.5 Å².